The summed E-state index contributed by atoms with van der Waals surface area (Å²) in [6, 6.07) is 6.53. The lowest BCUT2D eigenvalue weighted by atomic mass is 9.87. The molecule has 0 saturated carbocycles. The van der Waals surface area contributed by atoms with Crippen molar-refractivity contribution in [2.45, 2.75) is 58.8 Å². The van der Waals surface area contributed by atoms with Crippen LogP contribution in [0.4, 0.5) is 5.69 Å². The molecule has 16 heavy (non-hydrogen) atoms. The first-order valence-corrected chi connectivity index (χ1v) is 6.53. The molecule has 0 heterocycles. The molecule has 1 rings (SSSR count). The van der Waals surface area contributed by atoms with Crippen LogP contribution in [0.3, 0.4) is 0 Å². The highest BCUT2D eigenvalue weighted by Gasteiger charge is 2.15. The SMILES string of the molecule is CCC(C)c1cccc(C(CC)CC)c1N. The molecule has 2 N–H and O–H groups in total. The van der Waals surface area contributed by atoms with Crippen molar-refractivity contribution in [1.82, 2.24) is 0 Å². The Morgan fingerprint density at radius 1 is 1.00 bits per heavy atom. The summed E-state index contributed by atoms with van der Waals surface area (Å²) in [5, 5.41) is 0. The minimum Gasteiger partial charge on any atom is -0.398 e. The molecule has 0 amide bonds. The Morgan fingerprint density at radius 3 is 2.06 bits per heavy atom. The van der Waals surface area contributed by atoms with Crippen LogP contribution in [0, 0.1) is 0 Å². The molecule has 0 aliphatic heterocycles. The van der Waals surface area contributed by atoms with Gasteiger partial charge in [-0.05, 0) is 42.2 Å². The topological polar surface area (TPSA) is 26.0 Å². The molecule has 0 radical (unpaired) electrons. The Labute approximate surface area is 100 Å². The number of nitrogens with two attached hydrogens (primary N) is 1. The molecule has 0 aliphatic rings. The molecule has 1 aromatic carbocycles. The zero-order chi connectivity index (χ0) is 12.1. The van der Waals surface area contributed by atoms with Gasteiger partial charge in [0, 0.05) is 5.69 Å². The minimum atomic E-state index is 0.564. The normalized spacial score (nSPS) is 13.1. The zero-order valence-corrected chi connectivity index (χ0v) is 11.1. The van der Waals surface area contributed by atoms with Crippen molar-refractivity contribution in [3.05, 3.63) is 29.3 Å². The van der Waals surface area contributed by atoms with Crippen LogP contribution in [0.5, 0.6) is 0 Å². The second-order valence-electron chi connectivity index (χ2n) is 4.67. The summed E-state index contributed by atoms with van der Waals surface area (Å²) < 4.78 is 0. The maximum Gasteiger partial charge on any atom is 0.0384 e. The average molecular weight is 219 g/mol. The first kappa shape index (κ1) is 13.1. The van der Waals surface area contributed by atoms with Gasteiger partial charge in [0.05, 0.1) is 0 Å². The van der Waals surface area contributed by atoms with Gasteiger partial charge in [-0.15, -0.1) is 0 Å². The van der Waals surface area contributed by atoms with Gasteiger partial charge in [-0.3, -0.25) is 0 Å². The Bertz CT molecular complexity index is 326. The molecule has 90 valence electrons. The lowest BCUT2D eigenvalue weighted by Gasteiger charge is -2.20. The molecule has 1 aromatic rings. The molecule has 1 unspecified atom stereocenters. The summed E-state index contributed by atoms with van der Waals surface area (Å²) in [6.07, 6.45) is 3.49. The van der Waals surface area contributed by atoms with Gasteiger partial charge >= 0.3 is 0 Å². The van der Waals surface area contributed by atoms with E-state index in [9.17, 15) is 0 Å². The number of hydrogen-bond donors (Lipinski definition) is 1. The van der Waals surface area contributed by atoms with Gasteiger partial charge in [-0.1, -0.05) is 45.9 Å². The van der Waals surface area contributed by atoms with Gasteiger partial charge in [-0.25, -0.2) is 0 Å². The van der Waals surface area contributed by atoms with E-state index in [2.05, 4.69) is 45.9 Å². The number of hydrogen-bond acceptors (Lipinski definition) is 1. The van der Waals surface area contributed by atoms with E-state index in [4.69, 9.17) is 5.73 Å². The van der Waals surface area contributed by atoms with Crippen molar-refractivity contribution < 1.29 is 0 Å². The third-order valence-corrected chi connectivity index (χ3v) is 3.74. The number of para-hydroxylation sites is 1. The molecule has 0 spiro atoms. The smallest absolute Gasteiger partial charge is 0.0384 e. The van der Waals surface area contributed by atoms with E-state index in [1.807, 2.05) is 0 Å². The second kappa shape index (κ2) is 5.93. The van der Waals surface area contributed by atoms with Crippen LogP contribution in [-0.2, 0) is 0 Å². The highest BCUT2D eigenvalue weighted by molar-refractivity contribution is 5.56. The first-order valence-electron chi connectivity index (χ1n) is 6.53. The minimum absolute atomic E-state index is 0.564. The van der Waals surface area contributed by atoms with Gasteiger partial charge < -0.3 is 5.73 Å². The van der Waals surface area contributed by atoms with Crippen LogP contribution >= 0.6 is 0 Å². The van der Waals surface area contributed by atoms with Gasteiger partial charge in [0.1, 0.15) is 0 Å². The fraction of sp³-hybridized carbons (Fsp3) is 0.600. The highest BCUT2D eigenvalue weighted by atomic mass is 14.6. The molecular formula is C15H25N. The van der Waals surface area contributed by atoms with E-state index in [1.165, 1.54) is 24.0 Å². The molecule has 1 atom stereocenters. The van der Waals surface area contributed by atoms with E-state index < -0.39 is 0 Å². The summed E-state index contributed by atoms with van der Waals surface area (Å²) in [5.41, 5.74) is 10.0. The quantitative estimate of drug-likeness (QED) is 0.714. The van der Waals surface area contributed by atoms with E-state index in [1.54, 1.807) is 0 Å². The molecular weight excluding hydrogens is 194 g/mol. The van der Waals surface area contributed by atoms with Crippen molar-refractivity contribution >= 4 is 5.69 Å². The standard InChI is InChI=1S/C15H25N/c1-5-11(4)13-9-8-10-14(15(13)16)12(6-2)7-3/h8-12H,5-7,16H2,1-4H3. The Balaban J connectivity index is 3.12. The van der Waals surface area contributed by atoms with Crippen molar-refractivity contribution in [2.75, 3.05) is 5.73 Å². The second-order valence-corrected chi connectivity index (χ2v) is 4.67. The van der Waals surface area contributed by atoms with E-state index >= 15 is 0 Å². The summed E-state index contributed by atoms with van der Waals surface area (Å²) in [6.45, 7) is 8.95. The first-order chi connectivity index (χ1) is 7.65. The van der Waals surface area contributed by atoms with Crippen LogP contribution in [0.1, 0.15) is 69.9 Å². The third kappa shape index (κ3) is 2.58. The lowest BCUT2D eigenvalue weighted by molar-refractivity contribution is 0.640. The van der Waals surface area contributed by atoms with Gasteiger partial charge in [0.2, 0.25) is 0 Å². The molecule has 0 aliphatic carbocycles. The summed E-state index contributed by atoms with van der Waals surface area (Å²) in [4.78, 5) is 0. The van der Waals surface area contributed by atoms with Crippen LogP contribution in [-0.4, -0.2) is 0 Å². The summed E-state index contributed by atoms with van der Waals surface area (Å²) >= 11 is 0. The predicted octanol–water partition coefficient (Wildman–Crippen LogP) is 4.69. The lowest BCUT2D eigenvalue weighted by Crippen LogP contribution is -2.06. The number of benzene rings is 1. The fourth-order valence-electron chi connectivity index (χ4n) is 2.34. The number of nitrogen functional groups attached to an aromatic ring is 1. The van der Waals surface area contributed by atoms with E-state index in [0.29, 0.717) is 11.8 Å². The molecule has 1 heteroatoms. The highest BCUT2D eigenvalue weighted by Crippen LogP contribution is 2.34. The fourth-order valence-corrected chi connectivity index (χ4v) is 2.34. The maximum absolute atomic E-state index is 6.31. The van der Waals surface area contributed by atoms with E-state index in [0.717, 1.165) is 12.1 Å². The van der Waals surface area contributed by atoms with Crippen LogP contribution in [0.2, 0.25) is 0 Å². The Morgan fingerprint density at radius 2 is 1.56 bits per heavy atom. The monoisotopic (exact) mass is 219 g/mol. The average Bonchev–Trinajstić information content (AvgIpc) is 2.32. The molecule has 0 fully saturated rings. The van der Waals surface area contributed by atoms with Crippen molar-refractivity contribution in [3.63, 3.8) is 0 Å². The molecule has 0 bridgehead atoms. The van der Waals surface area contributed by atoms with Crippen molar-refractivity contribution in [2.24, 2.45) is 0 Å². The van der Waals surface area contributed by atoms with Crippen molar-refractivity contribution in [3.8, 4) is 0 Å². The summed E-state index contributed by atoms with van der Waals surface area (Å²) in [5.74, 6) is 1.18. The molecule has 1 nitrogen and oxygen atoms in total. The zero-order valence-electron chi connectivity index (χ0n) is 11.1. The Hall–Kier alpha value is -0.980. The predicted molar refractivity (Wildman–Crippen MR) is 72.9 cm³/mol. The van der Waals surface area contributed by atoms with Crippen LogP contribution in [0.25, 0.3) is 0 Å². The number of rotatable bonds is 5. The molecule has 0 saturated heterocycles. The van der Waals surface area contributed by atoms with Gasteiger partial charge in [0.15, 0.2) is 0 Å². The van der Waals surface area contributed by atoms with Gasteiger partial charge in [-0.2, -0.15) is 0 Å². The van der Waals surface area contributed by atoms with Gasteiger partial charge in [0.25, 0.3) is 0 Å². The van der Waals surface area contributed by atoms with Crippen LogP contribution in [0.15, 0.2) is 18.2 Å². The van der Waals surface area contributed by atoms with Crippen molar-refractivity contribution in [1.29, 1.82) is 0 Å². The maximum atomic E-state index is 6.31. The Kier molecular flexibility index (Phi) is 4.85. The third-order valence-electron chi connectivity index (χ3n) is 3.74. The van der Waals surface area contributed by atoms with Crippen LogP contribution < -0.4 is 5.73 Å². The summed E-state index contributed by atoms with van der Waals surface area (Å²) in [7, 11) is 0. The van der Waals surface area contributed by atoms with E-state index in [-0.39, 0.29) is 0 Å². The number of anilines is 1. The molecule has 0 aromatic heterocycles. The largest absolute Gasteiger partial charge is 0.398 e.